The number of aryl methyl sites for hydroxylation is 2. The highest BCUT2D eigenvalue weighted by Gasteiger charge is 2.16. The van der Waals surface area contributed by atoms with E-state index in [2.05, 4.69) is 9.97 Å². The summed E-state index contributed by atoms with van der Waals surface area (Å²) in [5.41, 5.74) is 1.54. The van der Waals surface area contributed by atoms with E-state index in [4.69, 9.17) is 23.2 Å². The molecule has 0 aliphatic carbocycles. The zero-order valence-corrected chi connectivity index (χ0v) is 14.2. The topological polar surface area (TPSA) is 52.7 Å². The minimum absolute atomic E-state index is 0.172. The monoisotopic (exact) mass is 350 g/mol. The summed E-state index contributed by atoms with van der Waals surface area (Å²) in [4.78, 5) is 21.8. The first-order valence-electron chi connectivity index (χ1n) is 7.44. The molecule has 0 atom stereocenters. The van der Waals surface area contributed by atoms with Crippen LogP contribution < -0.4 is 5.56 Å². The minimum Gasteiger partial charge on any atom is -0.315 e. The van der Waals surface area contributed by atoms with Gasteiger partial charge in [0.1, 0.15) is 5.82 Å². The predicted octanol–water partition coefficient (Wildman–Crippen LogP) is 3.43. The van der Waals surface area contributed by atoms with Crippen LogP contribution in [0, 0.1) is 0 Å². The Labute approximate surface area is 143 Å². The van der Waals surface area contributed by atoms with Crippen LogP contribution in [0.5, 0.6) is 0 Å². The molecule has 0 saturated heterocycles. The lowest BCUT2D eigenvalue weighted by Crippen LogP contribution is -2.24. The number of hydrogen-bond donors (Lipinski definition) is 0. The lowest BCUT2D eigenvalue weighted by molar-refractivity contribution is 0.746. The molecule has 2 heterocycles. The van der Waals surface area contributed by atoms with Crippen LogP contribution >= 0.6 is 23.2 Å². The van der Waals surface area contributed by atoms with Crippen LogP contribution in [0.25, 0.3) is 16.9 Å². The van der Waals surface area contributed by atoms with Crippen molar-refractivity contribution in [3.8, 4) is 5.69 Å². The first-order valence-corrected chi connectivity index (χ1v) is 8.35. The molecule has 5 nitrogen and oxygen atoms in total. The third-order valence-electron chi connectivity index (χ3n) is 3.67. The van der Waals surface area contributed by atoms with E-state index >= 15 is 0 Å². The van der Waals surface area contributed by atoms with Gasteiger partial charge in [-0.1, -0.05) is 11.6 Å². The summed E-state index contributed by atoms with van der Waals surface area (Å²) in [7, 11) is 0. The van der Waals surface area contributed by atoms with Crippen molar-refractivity contribution in [2.75, 3.05) is 5.88 Å². The van der Waals surface area contributed by atoms with E-state index < -0.39 is 0 Å². The Hall–Kier alpha value is -1.85. The van der Waals surface area contributed by atoms with Gasteiger partial charge < -0.3 is 4.57 Å². The summed E-state index contributed by atoms with van der Waals surface area (Å²) in [5.74, 6) is 1.20. The van der Waals surface area contributed by atoms with E-state index in [1.54, 1.807) is 35.2 Å². The molecule has 0 amide bonds. The Balaban J connectivity index is 2.27. The number of rotatable bonds is 5. The molecule has 0 radical (unpaired) electrons. The average Bonchev–Trinajstić information content (AvgIpc) is 2.97. The molecule has 1 aromatic carbocycles. The van der Waals surface area contributed by atoms with Crippen molar-refractivity contribution in [2.45, 2.75) is 26.3 Å². The van der Waals surface area contributed by atoms with Gasteiger partial charge in [0.25, 0.3) is 5.56 Å². The van der Waals surface area contributed by atoms with Crippen molar-refractivity contribution in [3.05, 3.63) is 51.8 Å². The predicted molar refractivity (Wildman–Crippen MR) is 92.9 cm³/mol. The third-order valence-corrected chi connectivity index (χ3v) is 4.19. The zero-order chi connectivity index (χ0) is 16.4. The van der Waals surface area contributed by atoms with Crippen molar-refractivity contribution in [2.24, 2.45) is 0 Å². The fourth-order valence-corrected chi connectivity index (χ4v) is 2.78. The Bertz CT molecular complexity index is 883. The first kappa shape index (κ1) is 16.0. The molecule has 0 saturated carbocycles. The van der Waals surface area contributed by atoms with Gasteiger partial charge in [-0.3, -0.25) is 9.36 Å². The molecular formula is C16H16Cl2N4O. The lowest BCUT2D eigenvalue weighted by atomic mass is 10.2. The standard InChI is InChI=1S/C16H16Cl2N4O/c1-2-21-10-19-14-15(21)20-13(4-3-9-17)22(16(14)23)12-7-5-11(18)6-8-12/h5-8,10H,2-4,9H2,1H3. The summed E-state index contributed by atoms with van der Waals surface area (Å²) in [6, 6.07) is 7.11. The largest absolute Gasteiger partial charge is 0.315 e. The van der Waals surface area contributed by atoms with Gasteiger partial charge in [-0.05, 0) is 37.6 Å². The smallest absolute Gasteiger partial charge is 0.286 e. The number of fused-ring (bicyclic) bond motifs is 1. The van der Waals surface area contributed by atoms with Gasteiger partial charge in [-0.15, -0.1) is 11.6 Å². The van der Waals surface area contributed by atoms with Gasteiger partial charge in [0, 0.05) is 23.9 Å². The van der Waals surface area contributed by atoms with Crippen LogP contribution in [0.15, 0.2) is 35.4 Å². The van der Waals surface area contributed by atoms with Crippen molar-refractivity contribution >= 4 is 34.4 Å². The summed E-state index contributed by atoms with van der Waals surface area (Å²) >= 11 is 11.8. The van der Waals surface area contributed by atoms with Crippen molar-refractivity contribution in [3.63, 3.8) is 0 Å². The normalized spacial score (nSPS) is 11.3. The van der Waals surface area contributed by atoms with Gasteiger partial charge in [0.05, 0.1) is 12.0 Å². The van der Waals surface area contributed by atoms with Gasteiger partial charge in [0.15, 0.2) is 11.2 Å². The van der Waals surface area contributed by atoms with Gasteiger partial charge in [0.2, 0.25) is 0 Å². The fourth-order valence-electron chi connectivity index (χ4n) is 2.52. The van der Waals surface area contributed by atoms with E-state index in [9.17, 15) is 4.79 Å². The summed E-state index contributed by atoms with van der Waals surface area (Å²) in [6.45, 7) is 2.70. The molecule has 0 spiro atoms. The van der Waals surface area contributed by atoms with Crippen LogP contribution in [0.4, 0.5) is 0 Å². The molecule has 23 heavy (non-hydrogen) atoms. The van der Waals surface area contributed by atoms with Crippen LogP contribution in [0.3, 0.4) is 0 Å². The van der Waals surface area contributed by atoms with Gasteiger partial charge >= 0.3 is 0 Å². The average molecular weight is 351 g/mol. The summed E-state index contributed by atoms with van der Waals surface area (Å²) < 4.78 is 3.46. The van der Waals surface area contributed by atoms with Gasteiger partial charge in [-0.25, -0.2) is 9.97 Å². The molecule has 0 aliphatic heterocycles. The molecule has 0 fully saturated rings. The SMILES string of the molecule is CCn1cnc2c(=O)n(-c3ccc(Cl)cc3)c(CCCCl)nc21. The van der Waals surface area contributed by atoms with Crippen LogP contribution in [0.2, 0.25) is 5.02 Å². The number of halogens is 2. The molecule has 2 aromatic heterocycles. The molecule has 0 bridgehead atoms. The number of nitrogens with zero attached hydrogens (tertiary/aromatic N) is 4. The molecule has 7 heteroatoms. The molecular weight excluding hydrogens is 335 g/mol. The van der Waals surface area contributed by atoms with Crippen molar-refractivity contribution in [1.82, 2.24) is 19.1 Å². The Morgan fingerprint density at radius 2 is 1.96 bits per heavy atom. The third kappa shape index (κ3) is 2.99. The van der Waals surface area contributed by atoms with E-state index in [0.29, 0.717) is 40.9 Å². The van der Waals surface area contributed by atoms with Crippen LogP contribution in [-0.2, 0) is 13.0 Å². The molecule has 120 valence electrons. The summed E-state index contributed by atoms with van der Waals surface area (Å²) in [6.07, 6.45) is 3.01. The quantitative estimate of drug-likeness (QED) is 0.662. The van der Waals surface area contributed by atoms with Gasteiger partial charge in [-0.2, -0.15) is 0 Å². The molecule has 3 rings (SSSR count). The van der Waals surface area contributed by atoms with Crippen LogP contribution in [-0.4, -0.2) is 25.0 Å². The Kier molecular flexibility index (Phi) is 4.68. The van der Waals surface area contributed by atoms with E-state index in [-0.39, 0.29) is 5.56 Å². The minimum atomic E-state index is -0.172. The Morgan fingerprint density at radius 1 is 1.22 bits per heavy atom. The summed E-state index contributed by atoms with van der Waals surface area (Å²) in [5, 5.41) is 0.619. The van der Waals surface area contributed by atoms with E-state index in [0.717, 1.165) is 12.1 Å². The number of benzene rings is 1. The highest BCUT2D eigenvalue weighted by molar-refractivity contribution is 6.30. The first-order chi connectivity index (χ1) is 11.2. The number of aromatic nitrogens is 4. The highest BCUT2D eigenvalue weighted by atomic mass is 35.5. The van der Waals surface area contributed by atoms with Crippen molar-refractivity contribution in [1.29, 1.82) is 0 Å². The molecule has 0 aliphatic rings. The molecule has 3 aromatic rings. The van der Waals surface area contributed by atoms with E-state index in [1.807, 2.05) is 11.5 Å². The number of alkyl halides is 1. The Morgan fingerprint density at radius 3 is 2.61 bits per heavy atom. The number of hydrogen-bond acceptors (Lipinski definition) is 3. The maximum absolute atomic E-state index is 12.9. The molecule has 0 N–H and O–H groups in total. The maximum atomic E-state index is 12.9. The fraction of sp³-hybridized carbons (Fsp3) is 0.312. The van der Waals surface area contributed by atoms with Crippen LogP contribution in [0.1, 0.15) is 19.2 Å². The van der Waals surface area contributed by atoms with E-state index in [1.165, 1.54) is 0 Å². The second-order valence-corrected chi connectivity index (χ2v) is 5.95. The second kappa shape index (κ2) is 6.72. The zero-order valence-electron chi connectivity index (χ0n) is 12.7. The second-order valence-electron chi connectivity index (χ2n) is 5.14. The van der Waals surface area contributed by atoms with Crippen molar-refractivity contribution < 1.29 is 0 Å². The lowest BCUT2D eigenvalue weighted by Gasteiger charge is -2.12. The number of imidazole rings is 1. The highest BCUT2D eigenvalue weighted by Crippen LogP contribution is 2.16. The molecule has 0 unspecified atom stereocenters. The maximum Gasteiger partial charge on any atom is 0.286 e.